The zero-order chi connectivity index (χ0) is 20.4. The third kappa shape index (κ3) is 4.14. The number of aryl methyl sites for hydroxylation is 2. The Morgan fingerprint density at radius 1 is 1.00 bits per heavy atom. The van der Waals surface area contributed by atoms with Gasteiger partial charge in [-0.2, -0.15) is 0 Å². The monoisotopic (exact) mass is 386 g/mol. The molecule has 1 amide bonds. The molecule has 0 aliphatic carbocycles. The molecular weight excluding hydrogens is 364 g/mol. The van der Waals surface area contributed by atoms with Crippen molar-refractivity contribution in [2.24, 2.45) is 0 Å². The number of benzene rings is 3. The summed E-state index contributed by atoms with van der Waals surface area (Å²) in [6.07, 6.45) is -0.617. The van der Waals surface area contributed by atoms with E-state index in [2.05, 4.69) is 10.3 Å². The molecule has 4 rings (SSSR count). The molecule has 5 nitrogen and oxygen atoms in total. The molecule has 3 aromatic carbocycles. The lowest BCUT2D eigenvalue weighted by Gasteiger charge is -2.15. The van der Waals surface area contributed by atoms with Crippen molar-refractivity contribution in [2.45, 2.75) is 26.9 Å². The molecule has 0 saturated carbocycles. The molecule has 29 heavy (non-hydrogen) atoms. The van der Waals surface area contributed by atoms with E-state index in [1.807, 2.05) is 80.6 Å². The van der Waals surface area contributed by atoms with Crippen LogP contribution in [0, 0.1) is 13.8 Å². The predicted octanol–water partition coefficient (Wildman–Crippen LogP) is 5.52. The largest absolute Gasteiger partial charge is 0.481 e. The van der Waals surface area contributed by atoms with Crippen LogP contribution >= 0.6 is 0 Å². The summed E-state index contributed by atoms with van der Waals surface area (Å²) >= 11 is 0. The maximum Gasteiger partial charge on any atom is 0.265 e. The zero-order valence-corrected chi connectivity index (χ0v) is 16.6. The summed E-state index contributed by atoms with van der Waals surface area (Å²) in [6, 6.07) is 20.8. The maximum atomic E-state index is 12.5. The molecule has 4 aromatic rings. The fourth-order valence-electron chi connectivity index (χ4n) is 2.98. The van der Waals surface area contributed by atoms with Crippen LogP contribution in [0.3, 0.4) is 0 Å². The van der Waals surface area contributed by atoms with Gasteiger partial charge in [0.25, 0.3) is 5.91 Å². The highest BCUT2D eigenvalue weighted by atomic mass is 16.5. The zero-order valence-electron chi connectivity index (χ0n) is 16.6. The van der Waals surface area contributed by atoms with E-state index in [1.54, 1.807) is 6.92 Å². The summed E-state index contributed by atoms with van der Waals surface area (Å²) in [5.41, 5.74) is 5.41. The summed E-state index contributed by atoms with van der Waals surface area (Å²) in [5.74, 6) is 1.02. The Labute approximate surface area is 169 Å². The standard InChI is InChI=1S/C24H22N2O3/c1-15-8-13-20(14-16(15)2)28-17(3)23(27)25-19-11-9-18(10-12-19)24-26-21-6-4-5-7-22(21)29-24/h4-14,17H,1-3H3,(H,25,27)/t17-/m0/s1. The predicted molar refractivity (Wildman–Crippen MR) is 114 cm³/mol. The van der Waals surface area contributed by atoms with E-state index < -0.39 is 6.10 Å². The highest BCUT2D eigenvalue weighted by molar-refractivity contribution is 5.94. The number of fused-ring (bicyclic) bond motifs is 1. The minimum atomic E-state index is -0.617. The van der Waals surface area contributed by atoms with Crippen LogP contribution in [0.4, 0.5) is 5.69 Å². The van der Waals surface area contributed by atoms with Gasteiger partial charge in [0, 0.05) is 11.3 Å². The number of anilines is 1. The van der Waals surface area contributed by atoms with E-state index in [0.29, 0.717) is 17.3 Å². The number of nitrogens with one attached hydrogen (secondary N) is 1. The molecule has 5 heteroatoms. The first-order valence-corrected chi connectivity index (χ1v) is 9.50. The Bertz CT molecular complexity index is 1130. The summed E-state index contributed by atoms with van der Waals surface area (Å²) in [5, 5.41) is 2.88. The Hall–Kier alpha value is -3.60. The summed E-state index contributed by atoms with van der Waals surface area (Å²) in [7, 11) is 0. The molecule has 1 N–H and O–H groups in total. The smallest absolute Gasteiger partial charge is 0.265 e. The van der Waals surface area contributed by atoms with E-state index in [0.717, 1.165) is 22.2 Å². The van der Waals surface area contributed by atoms with Crippen LogP contribution in [0.25, 0.3) is 22.6 Å². The molecule has 0 bridgehead atoms. The number of hydrogen-bond donors (Lipinski definition) is 1. The van der Waals surface area contributed by atoms with Gasteiger partial charge in [0.2, 0.25) is 5.89 Å². The van der Waals surface area contributed by atoms with Crippen molar-refractivity contribution < 1.29 is 13.9 Å². The minimum absolute atomic E-state index is 0.210. The van der Waals surface area contributed by atoms with Crippen molar-refractivity contribution in [3.63, 3.8) is 0 Å². The molecule has 0 unspecified atom stereocenters. The molecule has 1 aromatic heterocycles. The molecule has 0 radical (unpaired) electrons. The number of aromatic nitrogens is 1. The normalized spacial score (nSPS) is 12.0. The molecule has 0 aliphatic heterocycles. The van der Waals surface area contributed by atoms with Crippen LogP contribution in [0.5, 0.6) is 5.75 Å². The maximum absolute atomic E-state index is 12.5. The quantitative estimate of drug-likeness (QED) is 0.491. The molecular formula is C24H22N2O3. The van der Waals surface area contributed by atoms with Gasteiger partial charge in [-0.3, -0.25) is 4.79 Å². The second-order valence-corrected chi connectivity index (χ2v) is 7.06. The number of carbonyl (C=O) groups excluding carboxylic acids is 1. The van der Waals surface area contributed by atoms with Crippen molar-refractivity contribution in [1.82, 2.24) is 4.98 Å². The lowest BCUT2D eigenvalue weighted by molar-refractivity contribution is -0.122. The number of hydrogen-bond acceptors (Lipinski definition) is 4. The summed E-state index contributed by atoms with van der Waals surface area (Å²) < 4.78 is 11.6. The third-order valence-electron chi connectivity index (χ3n) is 4.85. The average molecular weight is 386 g/mol. The van der Waals surface area contributed by atoms with Crippen molar-refractivity contribution in [3.8, 4) is 17.2 Å². The highest BCUT2D eigenvalue weighted by Crippen LogP contribution is 2.25. The fraction of sp³-hybridized carbons (Fsp3) is 0.167. The van der Waals surface area contributed by atoms with Crippen molar-refractivity contribution in [3.05, 3.63) is 77.9 Å². The minimum Gasteiger partial charge on any atom is -0.481 e. The van der Waals surface area contributed by atoms with Gasteiger partial charge in [-0.15, -0.1) is 0 Å². The van der Waals surface area contributed by atoms with Crippen molar-refractivity contribution >= 4 is 22.7 Å². The number of oxazole rings is 1. The van der Waals surface area contributed by atoms with Gasteiger partial charge in [-0.25, -0.2) is 4.98 Å². The van der Waals surface area contributed by atoms with Crippen molar-refractivity contribution in [1.29, 1.82) is 0 Å². The number of nitrogens with zero attached hydrogens (tertiary/aromatic N) is 1. The van der Waals surface area contributed by atoms with E-state index in [9.17, 15) is 4.79 Å². The van der Waals surface area contributed by atoms with Crippen LogP contribution in [0.15, 0.2) is 71.1 Å². The van der Waals surface area contributed by atoms with E-state index in [1.165, 1.54) is 5.56 Å². The Morgan fingerprint density at radius 3 is 2.48 bits per heavy atom. The highest BCUT2D eigenvalue weighted by Gasteiger charge is 2.15. The van der Waals surface area contributed by atoms with Crippen LogP contribution in [0.2, 0.25) is 0 Å². The second-order valence-electron chi connectivity index (χ2n) is 7.06. The van der Waals surface area contributed by atoms with Gasteiger partial charge in [0.15, 0.2) is 11.7 Å². The van der Waals surface area contributed by atoms with Gasteiger partial charge in [0.1, 0.15) is 11.3 Å². The molecule has 1 atom stereocenters. The average Bonchev–Trinajstić information content (AvgIpc) is 3.15. The topological polar surface area (TPSA) is 64.4 Å². The Balaban J connectivity index is 1.42. The Kier molecular flexibility index (Phi) is 5.04. The first-order valence-electron chi connectivity index (χ1n) is 9.50. The molecule has 0 spiro atoms. The van der Waals surface area contributed by atoms with Crippen LogP contribution in [0.1, 0.15) is 18.1 Å². The lowest BCUT2D eigenvalue weighted by Crippen LogP contribution is -2.30. The number of ether oxygens (including phenoxy) is 1. The molecule has 0 aliphatic rings. The fourth-order valence-corrected chi connectivity index (χ4v) is 2.98. The van der Waals surface area contributed by atoms with Crippen LogP contribution in [-0.2, 0) is 4.79 Å². The number of amides is 1. The van der Waals surface area contributed by atoms with E-state index in [-0.39, 0.29) is 5.91 Å². The van der Waals surface area contributed by atoms with E-state index in [4.69, 9.17) is 9.15 Å². The lowest BCUT2D eigenvalue weighted by atomic mass is 10.1. The molecule has 1 heterocycles. The SMILES string of the molecule is Cc1ccc(O[C@@H](C)C(=O)Nc2ccc(-c3nc4ccccc4o3)cc2)cc1C. The summed E-state index contributed by atoms with van der Waals surface area (Å²) in [6.45, 7) is 5.79. The van der Waals surface area contributed by atoms with Gasteiger partial charge < -0.3 is 14.5 Å². The molecule has 0 fully saturated rings. The molecule has 146 valence electrons. The van der Waals surface area contributed by atoms with Crippen LogP contribution < -0.4 is 10.1 Å². The van der Waals surface area contributed by atoms with E-state index >= 15 is 0 Å². The summed E-state index contributed by atoms with van der Waals surface area (Å²) in [4.78, 5) is 17.0. The number of para-hydroxylation sites is 2. The number of rotatable bonds is 5. The van der Waals surface area contributed by atoms with Gasteiger partial charge in [-0.1, -0.05) is 18.2 Å². The molecule has 0 saturated heterocycles. The Morgan fingerprint density at radius 2 is 1.76 bits per heavy atom. The number of carbonyl (C=O) groups is 1. The first kappa shape index (κ1) is 18.7. The third-order valence-corrected chi connectivity index (χ3v) is 4.85. The second kappa shape index (κ2) is 7.80. The van der Waals surface area contributed by atoms with Gasteiger partial charge in [-0.05, 0) is 80.4 Å². The first-order chi connectivity index (χ1) is 14.0. The van der Waals surface area contributed by atoms with Crippen LogP contribution in [-0.4, -0.2) is 17.0 Å². The van der Waals surface area contributed by atoms with Crippen molar-refractivity contribution in [2.75, 3.05) is 5.32 Å². The van der Waals surface area contributed by atoms with Gasteiger partial charge in [0.05, 0.1) is 0 Å². The van der Waals surface area contributed by atoms with Gasteiger partial charge >= 0.3 is 0 Å².